The van der Waals surface area contributed by atoms with Gasteiger partial charge in [0.1, 0.15) is 11.0 Å². The first kappa shape index (κ1) is 18.9. The largest absolute Gasteiger partial charge is 0.530 e. The number of carbonyl (C=O) groups is 1. The Labute approximate surface area is 140 Å². The zero-order chi connectivity index (χ0) is 17.8. The molecule has 3 atom stereocenters. The normalized spacial score (nSPS) is 23.2. The lowest BCUT2D eigenvalue weighted by Gasteiger charge is -2.22. The monoisotopic (exact) mass is 378 g/mol. The molecule has 1 fully saturated rings. The van der Waals surface area contributed by atoms with E-state index < -0.39 is 35.3 Å². The molecule has 1 saturated heterocycles. The van der Waals surface area contributed by atoms with Crippen LogP contribution in [0, 0.1) is 0 Å². The summed E-state index contributed by atoms with van der Waals surface area (Å²) in [5.74, 6) is -0.505. The van der Waals surface area contributed by atoms with Crippen molar-refractivity contribution in [3.05, 3.63) is 30.3 Å². The summed E-state index contributed by atoms with van der Waals surface area (Å²) in [7, 11) is -7.89. The van der Waals surface area contributed by atoms with Crippen LogP contribution in [0.1, 0.15) is 26.7 Å². The van der Waals surface area contributed by atoms with Gasteiger partial charge < -0.3 is 8.71 Å². The number of para-hydroxylation sites is 1. The third kappa shape index (κ3) is 5.04. The fourth-order valence-corrected chi connectivity index (χ4v) is 4.89. The number of hydrogen-bond donors (Lipinski definition) is 0. The fourth-order valence-electron chi connectivity index (χ4n) is 2.20. The van der Waals surface area contributed by atoms with E-state index in [0.29, 0.717) is 5.75 Å². The van der Waals surface area contributed by atoms with Crippen molar-refractivity contribution in [2.24, 2.45) is 0 Å². The Morgan fingerprint density at radius 1 is 1.33 bits per heavy atom. The molecule has 0 aliphatic carbocycles. The second-order valence-electron chi connectivity index (χ2n) is 5.20. The minimum atomic E-state index is -3.96. The van der Waals surface area contributed by atoms with Crippen LogP contribution in [0.15, 0.2) is 30.3 Å². The zero-order valence-electron chi connectivity index (χ0n) is 13.3. The van der Waals surface area contributed by atoms with Gasteiger partial charge in [-0.1, -0.05) is 18.2 Å². The Balaban J connectivity index is 2.04. The van der Waals surface area contributed by atoms with E-state index in [2.05, 4.69) is 4.18 Å². The first-order valence-electron chi connectivity index (χ1n) is 7.38. The predicted octanol–water partition coefficient (Wildman–Crippen LogP) is 2.65. The maximum atomic E-state index is 12.7. The highest BCUT2D eigenvalue weighted by molar-refractivity contribution is 7.88. The lowest BCUT2D eigenvalue weighted by Crippen LogP contribution is -2.22. The second-order valence-corrected chi connectivity index (χ2v) is 8.56. The third-order valence-corrected chi connectivity index (χ3v) is 6.38. The Kier molecular flexibility index (Phi) is 6.03. The van der Waals surface area contributed by atoms with Crippen LogP contribution < -0.4 is 4.52 Å². The second kappa shape index (κ2) is 7.65. The van der Waals surface area contributed by atoms with Crippen LogP contribution >= 0.6 is 7.82 Å². The molecule has 0 bridgehead atoms. The molecule has 0 aromatic heterocycles. The first-order valence-corrected chi connectivity index (χ1v) is 10.3. The standard InChI is InChI=1S/C14H19O8PS/c1-3-19-23(16,21-12-7-5-4-6-8-12)20-11(2)9-13-10-14(15)22-24(13,17)18/h4-8,11,13H,3,9-10H2,1-2H3. The Morgan fingerprint density at radius 3 is 2.54 bits per heavy atom. The molecule has 0 radical (unpaired) electrons. The molecule has 8 nitrogen and oxygen atoms in total. The van der Waals surface area contributed by atoms with Gasteiger partial charge >= 0.3 is 23.9 Å². The highest BCUT2D eigenvalue weighted by atomic mass is 32.2. The highest BCUT2D eigenvalue weighted by Gasteiger charge is 2.42. The Hall–Kier alpha value is -1.41. The van der Waals surface area contributed by atoms with Crippen molar-refractivity contribution in [1.82, 2.24) is 0 Å². The van der Waals surface area contributed by atoms with Gasteiger partial charge in [0.05, 0.1) is 19.1 Å². The van der Waals surface area contributed by atoms with Gasteiger partial charge in [-0.15, -0.1) is 0 Å². The van der Waals surface area contributed by atoms with Gasteiger partial charge in [-0.05, 0) is 32.4 Å². The molecule has 0 spiro atoms. The average Bonchev–Trinajstić information content (AvgIpc) is 2.71. The molecule has 1 aromatic rings. The van der Waals surface area contributed by atoms with Crippen LogP contribution in [-0.2, 0) is 32.7 Å². The molecular weight excluding hydrogens is 359 g/mol. The summed E-state index contributed by atoms with van der Waals surface area (Å²) in [6.45, 7) is 3.24. The zero-order valence-corrected chi connectivity index (χ0v) is 15.0. The van der Waals surface area contributed by atoms with Crippen molar-refractivity contribution >= 4 is 23.9 Å². The summed E-state index contributed by atoms with van der Waals surface area (Å²) in [6, 6.07) is 8.34. The summed E-state index contributed by atoms with van der Waals surface area (Å²) >= 11 is 0. The van der Waals surface area contributed by atoms with Crippen LogP contribution in [0.2, 0.25) is 0 Å². The Bertz CT molecular complexity index is 718. The summed E-state index contributed by atoms with van der Waals surface area (Å²) in [6.07, 6.45) is -1.11. The van der Waals surface area contributed by atoms with Crippen molar-refractivity contribution < 1.29 is 35.5 Å². The average molecular weight is 378 g/mol. The molecule has 0 N–H and O–H groups in total. The summed E-state index contributed by atoms with van der Waals surface area (Å²) < 4.78 is 56.1. The van der Waals surface area contributed by atoms with E-state index in [1.807, 2.05) is 0 Å². The molecule has 0 saturated carbocycles. The van der Waals surface area contributed by atoms with Crippen LogP contribution in [-0.4, -0.2) is 32.3 Å². The molecule has 1 aromatic carbocycles. The van der Waals surface area contributed by atoms with Crippen molar-refractivity contribution in [2.45, 2.75) is 38.0 Å². The van der Waals surface area contributed by atoms with Crippen molar-refractivity contribution in [3.8, 4) is 5.75 Å². The molecule has 24 heavy (non-hydrogen) atoms. The number of phosphoric acid groups is 1. The SMILES string of the molecule is CCOP(=O)(Oc1ccccc1)OC(C)CC1CC(=O)OS1(=O)=O. The van der Waals surface area contributed by atoms with Crippen molar-refractivity contribution in [3.63, 3.8) is 0 Å². The van der Waals surface area contributed by atoms with Gasteiger partial charge in [-0.3, -0.25) is 13.8 Å². The van der Waals surface area contributed by atoms with Gasteiger partial charge in [-0.2, -0.15) is 8.42 Å². The number of hydrogen-bond acceptors (Lipinski definition) is 8. The van der Waals surface area contributed by atoms with Gasteiger partial charge in [0, 0.05) is 0 Å². The summed E-state index contributed by atoms with van der Waals surface area (Å²) in [4.78, 5) is 11.1. The molecule has 1 aliphatic rings. The van der Waals surface area contributed by atoms with Gasteiger partial charge in [0.25, 0.3) is 0 Å². The van der Waals surface area contributed by atoms with Crippen LogP contribution in [0.3, 0.4) is 0 Å². The Morgan fingerprint density at radius 2 is 2.00 bits per heavy atom. The van der Waals surface area contributed by atoms with Crippen molar-refractivity contribution in [1.29, 1.82) is 0 Å². The fraction of sp³-hybridized carbons (Fsp3) is 0.500. The third-order valence-electron chi connectivity index (χ3n) is 3.16. The van der Waals surface area contributed by atoms with E-state index in [0.717, 1.165) is 0 Å². The van der Waals surface area contributed by atoms with Gasteiger partial charge in [0.2, 0.25) is 0 Å². The van der Waals surface area contributed by atoms with E-state index in [-0.39, 0.29) is 19.4 Å². The summed E-state index contributed by atoms with van der Waals surface area (Å²) in [5, 5.41) is -1.04. The topological polar surface area (TPSA) is 105 Å². The van der Waals surface area contributed by atoms with Gasteiger partial charge in [0.15, 0.2) is 0 Å². The smallest absolute Gasteiger partial charge is 0.404 e. The molecule has 10 heteroatoms. The van der Waals surface area contributed by atoms with Gasteiger partial charge in [-0.25, -0.2) is 4.57 Å². The van der Waals surface area contributed by atoms with E-state index in [4.69, 9.17) is 13.6 Å². The van der Waals surface area contributed by atoms with E-state index in [1.54, 1.807) is 37.3 Å². The van der Waals surface area contributed by atoms with E-state index in [9.17, 15) is 17.8 Å². The summed E-state index contributed by atoms with van der Waals surface area (Å²) in [5.41, 5.74) is 0. The molecule has 1 aliphatic heterocycles. The maximum absolute atomic E-state index is 12.7. The number of rotatable bonds is 8. The quantitative estimate of drug-likeness (QED) is 0.502. The van der Waals surface area contributed by atoms with Crippen LogP contribution in [0.4, 0.5) is 0 Å². The van der Waals surface area contributed by atoms with Crippen LogP contribution in [0.5, 0.6) is 5.75 Å². The minimum absolute atomic E-state index is 0.0662. The molecule has 134 valence electrons. The predicted molar refractivity (Wildman–Crippen MR) is 84.9 cm³/mol. The minimum Gasteiger partial charge on any atom is -0.404 e. The maximum Gasteiger partial charge on any atom is 0.530 e. The van der Waals surface area contributed by atoms with E-state index >= 15 is 0 Å². The lowest BCUT2D eigenvalue weighted by atomic mass is 10.2. The first-order chi connectivity index (χ1) is 11.2. The number of carbonyl (C=O) groups excluding carboxylic acids is 1. The highest BCUT2D eigenvalue weighted by Crippen LogP contribution is 2.51. The molecule has 1 heterocycles. The molecule has 3 unspecified atom stereocenters. The van der Waals surface area contributed by atoms with Crippen molar-refractivity contribution in [2.75, 3.05) is 6.61 Å². The lowest BCUT2D eigenvalue weighted by molar-refractivity contribution is -0.132. The molecule has 2 rings (SSSR count). The number of benzene rings is 1. The van der Waals surface area contributed by atoms with E-state index in [1.165, 1.54) is 6.92 Å². The number of phosphoric ester groups is 1. The van der Waals surface area contributed by atoms with Crippen LogP contribution in [0.25, 0.3) is 0 Å². The molecule has 0 amide bonds. The molecular formula is C14H19O8PS.